The van der Waals surface area contributed by atoms with Gasteiger partial charge in [0.15, 0.2) is 6.29 Å². The normalized spacial score (nSPS) is 10.5. The molecule has 6 nitrogen and oxygen atoms in total. The van der Waals surface area contributed by atoms with Crippen molar-refractivity contribution in [3.63, 3.8) is 0 Å². The number of phenols is 2. The Kier molecular flexibility index (Phi) is 4.74. The van der Waals surface area contributed by atoms with E-state index in [-0.39, 0.29) is 23.6 Å². The van der Waals surface area contributed by atoms with Crippen molar-refractivity contribution in [1.29, 1.82) is 0 Å². The van der Waals surface area contributed by atoms with E-state index in [4.69, 9.17) is 9.47 Å². The van der Waals surface area contributed by atoms with Crippen LogP contribution >= 0.6 is 0 Å². The predicted octanol–water partition coefficient (Wildman–Crippen LogP) is 0.447. The molecule has 1 aromatic rings. The van der Waals surface area contributed by atoms with Gasteiger partial charge in [-0.25, -0.2) is 0 Å². The van der Waals surface area contributed by atoms with Crippen LogP contribution in [0.3, 0.4) is 0 Å². The Labute approximate surface area is 98.8 Å². The molecule has 0 aliphatic heterocycles. The first-order valence-electron chi connectivity index (χ1n) is 4.94. The summed E-state index contributed by atoms with van der Waals surface area (Å²) in [5, 5.41) is 21.2. The van der Waals surface area contributed by atoms with E-state index in [2.05, 4.69) is 5.32 Å². The molecule has 0 atom stereocenters. The van der Waals surface area contributed by atoms with Crippen LogP contribution in [0.1, 0.15) is 10.4 Å². The summed E-state index contributed by atoms with van der Waals surface area (Å²) < 4.78 is 9.78. The highest BCUT2D eigenvalue weighted by Crippen LogP contribution is 2.21. The minimum absolute atomic E-state index is 0.00374. The van der Waals surface area contributed by atoms with Gasteiger partial charge in [-0.3, -0.25) is 4.79 Å². The molecule has 0 aliphatic rings. The predicted molar refractivity (Wildman–Crippen MR) is 59.9 cm³/mol. The number of hydrogen-bond donors (Lipinski definition) is 3. The van der Waals surface area contributed by atoms with E-state index < -0.39 is 12.2 Å². The molecule has 0 fully saturated rings. The Morgan fingerprint density at radius 2 is 2.00 bits per heavy atom. The van der Waals surface area contributed by atoms with Gasteiger partial charge in [0.25, 0.3) is 5.91 Å². The molecule has 0 aliphatic carbocycles. The van der Waals surface area contributed by atoms with Crippen LogP contribution in [0.5, 0.6) is 11.5 Å². The van der Waals surface area contributed by atoms with Gasteiger partial charge in [-0.2, -0.15) is 0 Å². The molecule has 1 aromatic carbocycles. The minimum Gasteiger partial charge on any atom is -0.508 e. The smallest absolute Gasteiger partial charge is 0.255 e. The summed E-state index contributed by atoms with van der Waals surface area (Å²) >= 11 is 0. The van der Waals surface area contributed by atoms with Crippen LogP contribution in [0.2, 0.25) is 0 Å². The lowest BCUT2D eigenvalue weighted by Crippen LogP contribution is -2.34. The van der Waals surface area contributed by atoms with Crippen molar-refractivity contribution in [3.8, 4) is 11.5 Å². The zero-order chi connectivity index (χ0) is 12.8. The lowest BCUT2D eigenvalue weighted by molar-refractivity contribution is -0.0974. The van der Waals surface area contributed by atoms with Crippen LogP contribution in [0.25, 0.3) is 0 Å². The second-order valence-corrected chi connectivity index (χ2v) is 3.31. The Morgan fingerprint density at radius 3 is 2.59 bits per heavy atom. The van der Waals surface area contributed by atoms with Crippen LogP contribution in [0.15, 0.2) is 18.2 Å². The Bertz CT molecular complexity index is 389. The number of rotatable bonds is 5. The second-order valence-electron chi connectivity index (χ2n) is 3.31. The van der Waals surface area contributed by atoms with Crippen LogP contribution in [-0.2, 0) is 9.47 Å². The number of ether oxygens (including phenoxy) is 2. The number of amides is 1. The number of aromatic hydroxyl groups is 2. The van der Waals surface area contributed by atoms with Crippen LogP contribution < -0.4 is 5.32 Å². The molecule has 0 radical (unpaired) electrons. The molecule has 0 saturated carbocycles. The van der Waals surface area contributed by atoms with E-state index in [1.165, 1.54) is 32.4 Å². The van der Waals surface area contributed by atoms with Crippen molar-refractivity contribution < 1.29 is 24.5 Å². The third-order valence-corrected chi connectivity index (χ3v) is 2.18. The second kappa shape index (κ2) is 6.07. The van der Waals surface area contributed by atoms with Gasteiger partial charge in [-0.1, -0.05) is 0 Å². The van der Waals surface area contributed by atoms with E-state index in [1.54, 1.807) is 0 Å². The number of phenolic OH excluding ortho intramolecular Hbond substituents is 2. The van der Waals surface area contributed by atoms with E-state index >= 15 is 0 Å². The van der Waals surface area contributed by atoms with Crippen LogP contribution in [0.4, 0.5) is 0 Å². The van der Waals surface area contributed by atoms with Crippen LogP contribution in [-0.4, -0.2) is 43.2 Å². The highest BCUT2D eigenvalue weighted by Gasteiger charge is 2.13. The van der Waals surface area contributed by atoms with Crippen molar-refractivity contribution in [2.24, 2.45) is 0 Å². The van der Waals surface area contributed by atoms with Crippen molar-refractivity contribution in [2.75, 3.05) is 20.8 Å². The molecule has 94 valence electrons. The van der Waals surface area contributed by atoms with Crippen molar-refractivity contribution in [1.82, 2.24) is 5.32 Å². The molecular formula is C11H15NO5. The van der Waals surface area contributed by atoms with Gasteiger partial charge in [0.2, 0.25) is 0 Å². The molecule has 0 saturated heterocycles. The van der Waals surface area contributed by atoms with Gasteiger partial charge in [0, 0.05) is 14.2 Å². The summed E-state index contributed by atoms with van der Waals surface area (Å²) in [6, 6.07) is 3.72. The molecule has 0 spiro atoms. The standard InChI is InChI=1S/C11H15NO5/c1-16-10(17-2)6-12-11(15)8-5-7(13)3-4-9(8)14/h3-5,10,13-14H,6H2,1-2H3,(H,12,15). The molecule has 17 heavy (non-hydrogen) atoms. The minimum atomic E-state index is -0.557. The maximum atomic E-state index is 11.7. The lowest BCUT2D eigenvalue weighted by atomic mass is 10.2. The molecule has 0 aromatic heterocycles. The number of carbonyl (C=O) groups excluding carboxylic acids is 1. The summed E-state index contributed by atoms with van der Waals surface area (Å²) in [7, 11) is 2.90. The zero-order valence-electron chi connectivity index (χ0n) is 9.64. The number of methoxy groups -OCH3 is 2. The summed E-state index contributed by atoms with van der Waals surface area (Å²) in [4.78, 5) is 11.7. The van der Waals surface area contributed by atoms with E-state index in [9.17, 15) is 15.0 Å². The first kappa shape index (κ1) is 13.3. The number of nitrogens with one attached hydrogen (secondary N) is 1. The Balaban J connectivity index is 2.66. The first-order chi connectivity index (χ1) is 8.08. The Hall–Kier alpha value is -1.79. The van der Waals surface area contributed by atoms with Gasteiger partial charge < -0.3 is 25.0 Å². The third kappa shape index (κ3) is 3.61. The summed E-state index contributed by atoms with van der Waals surface area (Å²) in [5.74, 6) is -0.813. The summed E-state index contributed by atoms with van der Waals surface area (Å²) in [6.07, 6.45) is -0.557. The molecule has 0 bridgehead atoms. The molecular weight excluding hydrogens is 226 g/mol. The number of hydrogen-bond acceptors (Lipinski definition) is 5. The quantitative estimate of drug-likeness (QED) is 0.514. The maximum absolute atomic E-state index is 11.7. The molecule has 3 N–H and O–H groups in total. The van der Waals surface area contributed by atoms with Gasteiger partial charge in [0.05, 0.1) is 12.1 Å². The molecule has 0 unspecified atom stereocenters. The molecule has 6 heteroatoms. The van der Waals surface area contributed by atoms with Gasteiger partial charge in [0.1, 0.15) is 11.5 Å². The fourth-order valence-electron chi connectivity index (χ4n) is 1.24. The monoisotopic (exact) mass is 241 g/mol. The molecule has 1 rings (SSSR count). The first-order valence-corrected chi connectivity index (χ1v) is 4.94. The van der Waals surface area contributed by atoms with Crippen LogP contribution in [0, 0.1) is 0 Å². The largest absolute Gasteiger partial charge is 0.508 e. The maximum Gasteiger partial charge on any atom is 0.255 e. The summed E-state index contributed by atoms with van der Waals surface area (Å²) in [5.41, 5.74) is -0.00374. The summed E-state index contributed by atoms with van der Waals surface area (Å²) in [6.45, 7) is 0.140. The lowest BCUT2D eigenvalue weighted by Gasteiger charge is -2.14. The SMILES string of the molecule is COC(CNC(=O)c1cc(O)ccc1O)OC. The van der Waals surface area contributed by atoms with Gasteiger partial charge in [-0.15, -0.1) is 0 Å². The average Bonchev–Trinajstić information content (AvgIpc) is 2.33. The van der Waals surface area contributed by atoms with Gasteiger partial charge in [-0.05, 0) is 18.2 Å². The van der Waals surface area contributed by atoms with Crippen molar-refractivity contribution in [3.05, 3.63) is 23.8 Å². The molecule has 1 amide bonds. The zero-order valence-corrected chi connectivity index (χ0v) is 9.64. The molecule has 0 heterocycles. The average molecular weight is 241 g/mol. The van der Waals surface area contributed by atoms with E-state index in [0.717, 1.165) is 0 Å². The van der Waals surface area contributed by atoms with Crippen molar-refractivity contribution in [2.45, 2.75) is 6.29 Å². The van der Waals surface area contributed by atoms with Crippen molar-refractivity contribution >= 4 is 5.91 Å². The van der Waals surface area contributed by atoms with E-state index in [0.29, 0.717) is 0 Å². The number of carbonyl (C=O) groups is 1. The topological polar surface area (TPSA) is 88.0 Å². The highest BCUT2D eigenvalue weighted by atomic mass is 16.7. The Morgan fingerprint density at radius 1 is 1.35 bits per heavy atom. The third-order valence-electron chi connectivity index (χ3n) is 2.18. The highest BCUT2D eigenvalue weighted by molar-refractivity contribution is 5.97. The fraction of sp³-hybridized carbons (Fsp3) is 0.364. The van der Waals surface area contributed by atoms with E-state index in [1.807, 2.05) is 0 Å². The van der Waals surface area contributed by atoms with Gasteiger partial charge >= 0.3 is 0 Å². The number of benzene rings is 1. The fourth-order valence-corrected chi connectivity index (χ4v) is 1.24.